The van der Waals surface area contributed by atoms with Crippen LogP contribution in [-0.4, -0.2) is 26.8 Å². The number of aryl methyl sites for hydroxylation is 2. The van der Waals surface area contributed by atoms with Crippen molar-refractivity contribution in [3.05, 3.63) is 34.6 Å². The molecule has 1 aromatic rings. The highest BCUT2D eigenvalue weighted by molar-refractivity contribution is 7.90. The van der Waals surface area contributed by atoms with Crippen LogP contribution in [0.4, 0.5) is 4.39 Å². The molecule has 2 rings (SSSR count). The fourth-order valence-electron chi connectivity index (χ4n) is 2.52. The molecular weight excluding hydrogens is 279 g/mol. The van der Waals surface area contributed by atoms with Gasteiger partial charge in [0, 0.05) is 13.1 Å². The number of sulfonamides is 1. The SMILES string of the molecule is Cc1cc(CNS(=O)(=O)C2CCCNC2)cc(C)c1F. The van der Waals surface area contributed by atoms with Crippen molar-refractivity contribution in [2.75, 3.05) is 13.1 Å². The molecule has 0 radical (unpaired) electrons. The van der Waals surface area contributed by atoms with Crippen molar-refractivity contribution in [2.24, 2.45) is 0 Å². The molecule has 1 heterocycles. The van der Waals surface area contributed by atoms with E-state index in [1.165, 1.54) is 0 Å². The van der Waals surface area contributed by atoms with Gasteiger partial charge >= 0.3 is 0 Å². The Balaban J connectivity index is 2.04. The lowest BCUT2D eigenvalue weighted by Crippen LogP contribution is -2.44. The van der Waals surface area contributed by atoms with Gasteiger partial charge in [0.1, 0.15) is 5.82 Å². The van der Waals surface area contributed by atoms with Gasteiger partial charge in [0.05, 0.1) is 5.25 Å². The monoisotopic (exact) mass is 300 g/mol. The zero-order valence-electron chi connectivity index (χ0n) is 11.9. The Bertz CT molecular complexity index is 558. The zero-order chi connectivity index (χ0) is 14.8. The smallest absolute Gasteiger partial charge is 0.216 e. The Hall–Kier alpha value is -0.980. The first kappa shape index (κ1) is 15.4. The molecule has 0 aliphatic carbocycles. The summed E-state index contributed by atoms with van der Waals surface area (Å²) < 4.78 is 40.5. The minimum Gasteiger partial charge on any atom is -0.315 e. The van der Waals surface area contributed by atoms with E-state index >= 15 is 0 Å². The first-order chi connectivity index (χ1) is 9.40. The molecular formula is C14H21FN2O2S. The first-order valence-electron chi connectivity index (χ1n) is 6.85. The number of piperidine rings is 1. The molecule has 20 heavy (non-hydrogen) atoms. The molecule has 0 aromatic heterocycles. The van der Waals surface area contributed by atoms with Crippen molar-refractivity contribution in [1.29, 1.82) is 0 Å². The maximum Gasteiger partial charge on any atom is 0.216 e. The number of nitrogens with one attached hydrogen (secondary N) is 2. The average molecular weight is 300 g/mol. The molecule has 1 aromatic carbocycles. The van der Waals surface area contributed by atoms with Crippen molar-refractivity contribution < 1.29 is 12.8 Å². The predicted molar refractivity (Wildman–Crippen MR) is 77.5 cm³/mol. The molecule has 1 unspecified atom stereocenters. The minimum atomic E-state index is -3.32. The Morgan fingerprint density at radius 1 is 1.35 bits per heavy atom. The van der Waals surface area contributed by atoms with Crippen LogP contribution >= 0.6 is 0 Å². The second kappa shape index (κ2) is 6.20. The maximum atomic E-state index is 13.5. The molecule has 1 fully saturated rings. The third-order valence-corrected chi connectivity index (χ3v) is 5.49. The van der Waals surface area contributed by atoms with Crippen molar-refractivity contribution >= 4 is 10.0 Å². The van der Waals surface area contributed by atoms with Crippen LogP contribution in [0.2, 0.25) is 0 Å². The molecule has 0 bridgehead atoms. The van der Waals surface area contributed by atoms with Crippen molar-refractivity contribution in [1.82, 2.24) is 10.0 Å². The van der Waals surface area contributed by atoms with Crippen LogP contribution in [0.1, 0.15) is 29.5 Å². The summed E-state index contributed by atoms with van der Waals surface area (Å²) in [6.45, 7) is 4.96. The molecule has 1 saturated heterocycles. The second-order valence-corrected chi connectivity index (χ2v) is 7.42. The van der Waals surface area contributed by atoms with Gasteiger partial charge in [-0.05, 0) is 49.9 Å². The van der Waals surface area contributed by atoms with E-state index in [0.717, 1.165) is 18.5 Å². The molecule has 0 saturated carbocycles. The molecule has 1 aliphatic rings. The third-order valence-electron chi connectivity index (χ3n) is 3.66. The van der Waals surface area contributed by atoms with Gasteiger partial charge in [0.2, 0.25) is 10.0 Å². The van der Waals surface area contributed by atoms with E-state index in [-0.39, 0.29) is 17.6 Å². The fraction of sp³-hybridized carbons (Fsp3) is 0.571. The van der Waals surface area contributed by atoms with Gasteiger partial charge in [-0.3, -0.25) is 0 Å². The van der Waals surface area contributed by atoms with E-state index in [0.29, 0.717) is 24.1 Å². The van der Waals surface area contributed by atoms with Gasteiger partial charge in [-0.1, -0.05) is 12.1 Å². The van der Waals surface area contributed by atoms with E-state index in [2.05, 4.69) is 10.0 Å². The van der Waals surface area contributed by atoms with E-state index in [9.17, 15) is 12.8 Å². The van der Waals surface area contributed by atoms with Gasteiger partial charge in [-0.25, -0.2) is 17.5 Å². The highest BCUT2D eigenvalue weighted by Gasteiger charge is 2.26. The van der Waals surface area contributed by atoms with Crippen molar-refractivity contribution in [3.63, 3.8) is 0 Å². The van der Waals surface area contributed by atoms with E-state index in [1.54, 1.807) is 26.0 Å². The number of hydrogen-bond acceptors (Lipinski definition) is 3. The van der Waals surface area contributed by atoms with Crippen LogP contribution in [-0.2, 0) is 16.6 Å². The quantitative estimate of drug-likeness (QED) is 0.888. The molecule has 0 spiro atoms. The molecule has 2 N–H and O–H groups in total. The summed E-state index contributed by atoms with van der Waals surface area (Å²) in [5, 5.41) is 2.72. The normalized spacial score (nSPS) is 20.1. The third kappa shape index (κ3) is 3.56. The number of halogens is 1. The Morgan fingerprint density at radius 2 is 2.00 bits per heavy atom. The number of hydrogen-bond donors (Lipinski definition) is 2. The van der Waals surface area contributed by atoms with Gasteiger partial charge in [0.15, 0.2) is 0 Å². The lowest BCUT2D eigenvalue weighted by molar-refractivity contribution is 0.490. The van der Waals surface area contributed by atoms with E-state index in [1.807, 2.05) is 0 Å². The summed E-state index contributed by atoms with van der Waals surface area (Å²) in [6.07, 6.45) is 1.56. The van der Waals surface area contributed by atoms with Gasteiger partial charge in [-0.15, -0.1) is 0 Å². The number of rotatable bonds is 4. The van der Waals surface area contributed by atoms with Crippen molar-refractivity contribution in [3.8, 4) is 0 Å². The largest absolute Gasteiger partial charge is 0.315 e. The zero-order valence-corrected chi connectivity index (χ0v) is 12.7. The molecule has 1 atom stereocenters. The topological polar surface area (TPSA) is 58.2 Å². The lowest BCUT2D eigenvalue weighted by atomic mass is 10.1. The molecule has 4 nitrogen and oxygen atoms in total. The van der Waals surface area contributed by atoms with Crippen LogP contribution in [0, 0.1) is 19.7 Å². The molecule has 112 valence electrons. The summed E-state index contributed by atoms with van der Waals surface area (Å²) >= 11 is 0. The van der Waals surface area contributed by atoms with Crippen LogP contribution in [0.15, 0.2) is 12.1 Å². The summed E-state index contributed by atoms with van der Waals surface area (Å²) in [6, 6.07) is 3.37. The van der Waals surface area contributed by atoms with Crippen molar-refractivity contribution in [2.45, 2.75) is 38.5 Å². The van der Waals surface area contributed by atoms with Crippen LogP contribution < -0.4 is 10.0 Å². The highest BCUT2D eigenvalue weighted by Crippen LogP contribution is 2.16. The number of benzene rings is 1. The van der Waals surface area contributed by atoms with Crippen LogP contribution in [0.5, 0.6) is 0 Å². The standard InChI is InChI=1S/C14H21FN2O2S/c1-10-6-12(7-11(2)14(10)15)8-17-20(18,19)13-4-3-5-16-9-13/h6-7,13,16-17H,3-5,8-9H2,1-2H3. The maximum absolute atomic E-state index is 13.5. The van der Waals surface area contributed by atoms with Crippen LogP contribution in [0.3, 0.4) is 0 Å². The van der Waals surface area contributed by atoms with Gasteiger partial charge in [-0.2, -0.15) is 0 Å². The van der Waals surface area contributed by atoms with Gasteiger partial charge < -0.3 is 5.32 Å². The van der Waals surface area contributed by atoms with Gasteiger partial charge in [0.25, 0.3) is 0 Å². The molecule has 1 aliphatic heterocycles. The lowest BCUT2D eigenvalue weighted by Gasteiger charge is -2.23. The van der Waals surface area contributed by atoms with Crippen LogP contribution in [0.25, 0.3) is 0 Å². The molecule has 6 heteroatoms. The summed E-state index contributed by atoms with van der Waals surface area (Å²) in [5.74, 6) is -0.229. The predicted octanol–water partition coefficient (Wildman–Crippen LogP) is 1.61. The second-order valence-electron chi connectivity index (χ2n) is 5.38. The molecule has 0 amide bonds. The highest BCUT2D eigenvalue weighted by atomic mass is 32.2. The fourth-order valence-corrected chi connectivity index (χ4v) is 3.94. The Morgan fingerprint density at radius 3 is 2.55 bits per heavy atom. The summed E-state index contributed by atoms with van der Waals surface area (Å²) in [5.41, 5.74) is 1.87. The minimum absolute atomic E-state index is 0.209. The average Bonchev–Trinajstić information content (AvgIpc) is 2.43. The van der Waals surface area contributed by atoms with E-state index in [4.69, 9.17) is 0 Å². The first-order valence-corrected chi connectivity index (χ1v) is 8.39. The van der Waals surface area contributed by atoms with E-state index < -0.39 is 10.0 Å². The Kier molecular flexibility index (Phi) is 4.78. The Labute approximate surface area is 119 Å². The summed E-state index contributed by atoms with van der Waals surface area (Å²) in [4.78, 5) is 0. The summed E-state index contributed by atoms with van der Waals surface area (Å²) in [7, 11) is -3.32.